The standard InChI is InChI=1S/C11H15N7O2/c1-3-6-10(18(19)20)7(4-2)17(16-6)9-5-8(12)14-11(13)15-9/h5H,3-4H2,1-2H3,(H4,12,13,14,15). The zero-order valence-electron chi connectivity index (χ0n) is 11.2. The third-order valence-corrected chi connectivity index (χ3v) is 2.84. The molecule has 0 aromatic carbocycles. The molecule has 0 bridgehead atoms. The van der Waals surface area contributed by atoms with E-state index in [9.17, 15) is 10.1 Å². The summed E-state index contributed by atoms with van der Waals surface area (Å²) in [5.41, 5.74) is 12.1. The Morgan fingerprint density at radius 3 is 2.50 bits per heavy atom. The molecule has 0 unspecified atom stereocenters. The molecule has 0 aliphatic carbocycles. The molecule has 2 aromatic rings. The van der Waals surface area contributed by atoms with E-state index in [2.05, 4.69) is 15.1 Å². The van der Waals surface area contributed by atoms with Gasteiger partial charge in [-0.15, -0.1) is 0 Å². The normalized spacial score (nSPS) is 10.7. The fourth-order valence-corrected chi connectivity index (χ4v) is 2.03. The Labute approximate surface area is 114 Å². The number of nitrogens with two attached hydrogens (primary N) is 2. The fraction of sp³-hybridized carbons (Fsp3) is 0.364. The van der Waals surface area contributed by atoms with E-state index in [0.717, 1.165) is 0 Å². The minimum atomic E-state index is -0.422. The first-order chi connectivity index (χ1) is 9.47. The van der Waals surface area contributed by atoms with E-state index in [0.29, 0.717) is 30.0 Å². The van der Waals surface area contributed by atoms with Crippen molar-refractivity contribution < 1.29 is 4.92 Å². The molecule has 0 aliphatic rings. The van der Waals surface area contributed by atoms with Gasteiger partial charge in [0.1, 0.15) is 17.2 Å². The van der Waals surface area contributed by atoms with Crippen LogP contribution < -0.4 is 11.5 Å². The van der Waals surface area contributed by atoms with Crippen molar-refractivity contribution in [2.75, 3.05) is 11.5 Å². The van der Waals surface area contributed by atoms with Gasteiger partial charge in [-0.1, -0.05) is 13.8 Å². The van der Waals surface area contributed by atoms with Crippen LogP contribution in [-0.4, -0.2) is 24.7 Å². The van der Waals surface area contributed by atoms with Crippen LogP contribution in [0.4, 0.5) is 17.5 Å². The summed E-state index contributed by atoms with van der Waals surface area (Å²) in [5.74, 6) is 0.513. The summed E-state index contributed by atoms with van der Waals surface area (Å²) in [7, 11) is 0. The summed E-state index contributed by atoms with van der Waals surface area (Å²) in [5, 5.41) is 15.5. The lowest BCUT2D eigenvalue weighted by Gasteiger charge is -2.05. The molecule has 20 heavy (non-hydrogen) atoms. The quantitative estimate of drug-likeness (QED) is 0.624. The maximum Gasteiger partial charge on any atom is 0.313 e. The van der Waals surface area contributed by atoms with E-state index >= 15 is 0 Å². The van der Waals surface area contributed by atoms with Crippen LogP contribution in [0.25, 0.3) is 5.82 Å². The van der Waals surface area contributed by atoms with Gasteiger partial charge in [0.05, 0.1) is 4.92 Å². The molecule has 0 amide bonds. The molecule has 0 fully saturated rings. The van der Waals surface area contributed by atoms with E-state index in [1.54, 1.807) is 0 Å². The van der Waals surface area contributed by atoms with Gasteiger partial charge in [0.2, 0.25) is 5.95 Å². The van der Waals surface area contributed by atoms with Crippen molar-refractivity contribution in [3.63, 3.8) is 0 Å². The first-order valence-corrected chi connectivity index (χ1v) is 6.13. The highest BCUT2D eigenvalue weighted by Gasteiger charge is 2.26. The number of aromatic nitrogens is 4. The van der Waals surface area contributed by atoms with Crippen LogP contribution >= 0.6 is 0 Å². The topological polar surface area (TPSA) is 139 Å². The maximum absolute atomic E-state index is 11.2. The lowest BCUT2D eigenvalue weighted by Crippen LogP contribution is -2.09. The molecular weight excluding hydrogens is 262 g/mol. The second kappa shape index (κ2) is 5.11. The lowest BCUT2D eigenvalue weighted by atomic mass is 10.2. The zero-order chi connectivity index (χ0) is 14.9. The fourth-order valence-electron chi connectivity index (χ4n) is 2.03. The molecule has 2 heterocycles. The molecule has 2 rings (SSSR count). The average Bonchev–Trinajstić information content (AvgIpc) is 2.76. The molecule has 0 radical (unpaired) electrons. The second-order valence-corrected chi connectivity index (χ2v) is 4.13. The van der Waals surface area contributed by atoms with Gasteiger partial charge in [-0.05, 0) is 12.8 Å². The minimum Gasteiger partial charge on any atom is -0.383 e. The van der Waals surface area contributed by atoms with Gasteiger partial charge >= 0.3 is 5.69 Å². The van der Waals surface area contributed by atoms with Gasteiger partial charge in [0.15, 0.2) is 5.82 Å². The monoisotopic (exact) mass is 277 g/mol. The van der Waals surface area contributed by atoms with Gasteiger partial charge in [-0.2, -0.15) is 15.1 Å². The van der Waals surface area contributed by atoms with Crippen molar-refractivity contribution in [1.82, 2.24) is 19.7 Å². The number of rotatable bonds is 4. The molecular formula is C11H15N7O2. The second-order valence-electron chi connectivity index (χ2n) is 4.13. The third-order valence-electron chi connectivity index (χ3n) is 2.84. The van der Waals surface area contributed by atoms with Gasteiger partial charge in [0.25, 0.3) is 0 Å². The Hall–Kier alpha value is -2.71. The summed E-state index contributed by atoms with van der Waals surface area (Å²) in [6, 6.07) is 1.48. The van der Waals surface area contributed by atoms with Crippen LogP contribution in [0.1, 0.15) is 25.2 Å². The number of hydrogen-bond donors (Lipinski definition) is 2. The summed E-state index contributed by atoms with van der Waals surface area (Å²) in [6.07, 6.45) is 0.888. The Bertz CT molecular complexity index is 645. The van der Waals surface area contributed by atoms with E-state index in [4.69, 9.17) is 11.5 Å². The van der Waals surface area contributed by atoms with Crippen LogP contribution in [0, 0.1) is 10.1 Å². The molecule has 0 spiro atoms. The molecule has 4 N–H and O–H groups in total. The Morgan fingerprint density at radius 1 is 1.30 bits per heavy atom. The summed E-state index contributed by atoms with van der Waals surface area (Å²) >= 11 is 0. The number of anilines is 2. The van der Waals surface area contributed by atoms with Crippen LogP contribution in [0.15, 0.2) is 6.07 Å². The van der Waals surface area contributed by atoms with Crippen LogP contribution in [0.3, 0.4) is 0 Å². The first-order valence-electron chi connectivity index (χ1n) is 6.13. The Morgan fingerprint density at radius 2 is 2.00 bits per heavy atom. The van der Waals surface area contributed by atoms with Crippen LogP contribution in [0.5, 0.6) is 0 Å². The number of nitrogens with zero attached hydrogens (tertiary/aromatic N) is 5. The minimum absolute atomic E-state index is 0.00162. The van der Waals surface area contributed by atoms with E-state index in [1.807, 2.05) is 13.8 Å². The Balaban J connectivity index is 2.70. The van der Waals surface area contributed by atoms with Gasteiger partial charge < -0.3 is 11.5 Å². The third kappa shape index (κ3) is 2.25. The zero-order valence-corrected chi connectivity index (χ0v) is 11.2. The first kappa shape index (κ1) is 13.7. The number of aryl methyl sites for hydroxylation is 1. The van der Waals surface area contributed by atoms with Crippen molar-refractivity contribution in [2.45, 2.75) is 26.7 Å². The van der Waals surface area contributed by atoms with E-state index < -0.39 is 4.92 Å². The molecule has 0 atom stereocenters. The molecule has 9 heteroatoms. The van der Waals surface area contributed by atoms with E-state index in [1.165, 1.54) is 10.7 Å². The summed E-state index contributed by atoms with van der Waals surface area (Å²) < 4.78 is 1.41. The van der Waals surface area contributed by atoms with Crippen molar-refractivity contribution in [1.29, 1.82) is 0 Å². The Kier molecular flexibility index (Phi) is 3.51. The largest absolute Gasteiger partial charge is 0.383 e. The highest BCUT2D eigenvalue weighted by atomic mass is 16.6. The van der Waals surface area contributed by atoms with Crippen molar-refractivity contribution >= 4 is 17.5 Å². The number of nitrogen functional groups attached to an aromatic ring is 2. The number of hydrogen-bond acceptors (Lipinski definition) is 7. The predicted molar refractivity (Wildman–Crippen MR) is 73.4 cm³/mol. The molecule has 9 nitrogen and oxygen atoms in total. The van der Waals surface area contributed by atoms with Crippen molar-refractivity contribution in [2.24, 2.45) is 0 Å². The van der Waals surface area contributed by atoms with Gasteiger partial charge in [-0.3, -0.25) is 10.1 Å². The van der Waals surface area contributed by atoms with Crippen molar-refractivity contribution in [3.05, 3.63) is 27.6 Å². The van der Waals surface area contributed by atoms with Crippen molar-refractivity contribution in [3.8, 4) is 5.82 Å². The highest BCUT2D eigenvalue weighted by Crippen LogP contribution is 2.27. The average molecular weight is 277 g/mol. The van der Waals surface area contributed by atoms with Gasteiger partial charge in [0, 0.05) is 6.07 Å². The van der Waals surface area contributed by atoms with E-state index in [-0.39, 0.29) is 17.5 Å². The van der Waals surface area contributed by atoms with Crippen LogP contribution in [-0.2, 0) is 12.8 Å². The summed E-state index contributed by atoms with van der Waals surface area (Å²) in [6.45, 7) is 3.62. The molecule has 0 saturated carbocycles. The SMILES string of the molecule is CCc1nn(-c2cc(N)nc(N)n2)c(CC)c1[N+](=O)[O-]. The molecule has 0 saturated heterocycles. The summed E-state index contributed by atoms with van der Waals surface area (Å²) in [4.78, 5) is 18.6. The lowest BCUT2D eigenvalue weighted by molar-refractivity contribution is -0.386. The molecule has 0 aliphatic heterocycles. The highest BCUT2D eigenvalue weighted by molar-refractivity contribution is 5.48. The predicted octanol–water partition coefficient (Wildman–Crippen LogP) is 0.860. The van der Waals surface area contributed by atoms with Crippen LogP contribution in [0.2, 0.25) is 0 Å². The maximum atomic E-state index is 11.2. The van der Waals surface area contributed by atoms with Gasteiger partial charge in [-0.25, -0.2) is 4.68 Å². The molecule has 2 aromatic heterocycles. The number of nitro groups is 1. The smallest absolute Gasteiger partial charge is 0.313 e. The molecule has 106 valence electrons.